The maximum absolute atomic E-state index is 12.0. The number of aromatic nitrogens is 3. The molecule has 126 valence electrons. The summed E-state index contributed by atoms with van der Waals surface area (Å²) < 4.78 is 7.32. The molecule has 0 atom stereocenters. The van der Waals surface area contributed by atoms with Crippen LogP contribution in [-0.4, -0.2) is 33.5 Å². The first-order valence-electron chi connectivity index (χ1n) is 7.81. The molecule has 2 aromatic rings. The highest BCUT2D eigenvalue weighted by Gasteiger charge is 2.13. The summed E-state index contributed by atoms with van der Waals surface area (Å²) in [6, 6.07) is 1.69. The quantitative estimate of drug-likeness (QED) is 0.593. The third-order valence-corrected chi connectivity index (χ3v) is 4.16. The monoisotopic (exact) mass is 336 g/mol. The molecule has 2 rings (SSSR count). The summed E-state index contributed by atoms with van der Waals surface area (Å²) in [6.45, 7) is 7.67. The molecule has 0 spiro atoms. The highest BCUT2D eigenvalue weighted by atomic mass is 32.2. The molecule has 7 heteroatoms. The highest BCUT2D eigenvalue weighted by molar-refractivity contribution is 7.98. The number of carbonyl (C=O) groups excluding carboxylic acids is 1. The number of carbonyl (C=O) groups is 1. The van der Waals surface area contributed by atoms with Crippen LogP contribution in [0.15, 0.2) is 21.9 Å². The molecule has 0 aliphatic heterocycles. The number of aryl methyl sites for hydroxylation is 2. The molecule has 0 radical (unpaired) electrons. The summed E-state index contributed by atoms with van der Waals surface area (Å²) >= 11 is 1.61. The van der Waals surface area contributed by atoms with Gasteiger partial charge in [0.15, 0.2) is 5.16 Å². The van der Waals surface area contributed by atoms with Gasteiger partial charge in [-0.05, 0) is 31.6 Å². The van der Waals surface area contributed by atoms with Crippen LogP contribution in [0.5, 0.6) is 0 Å². The van der Waals surface area contributed by atoms with Crippen molar-refractivity contribution in [2.75, 3.05) is 12.8 Å². The largest absolute Gasteiger partial charge is 0.469 e. The minimum absolute atomic E-state index is 0.0929. The van der Waals surface area contributed by atoms with Crippen LogP contribution < -0.4 is 5.32 Å². The number of thioether (sulfide) groups is 1. The van der Waals surface area contributed by atoms with Gasteiger partial charge < -0.3 is 14.3 Å². The summed E-state index contributed by atoms with van der Waals surface area (Å²) in [5, 5.41) is 12.4. The van der Waals surface area contributed by atoms with Crippen molar-refractivity contribution in [2.45, 2.75) is 45.3 Å². The predicted octanol–water partition coefficient (Wildman–Crippen LogP) is 2.92. The Morgan fingerprint density at radius 1 is 1.43 bits per heavy atom. The molecule has 0 fully saturated rings. The van der Waals surface area contributed by atoms with E-state index in [1.807, 2.05) is 6.26 Å². The van der Waals surface area contributed by atoms with Crippen LogP contribution in [-0.2, 0) is 13.0 Å². The van der Waals surface area contributed by atoms with Crippen LogP contribution in [0.3, 0.4) is 0 Å². The maximum atomic E-state index is 12.0. The lowest BCUT2D eigenvalue weighted by Gasteiger charge is -2.11. The van der Waals surface area contributed by atoms with E-state index in [9.17, 15) is 4.79 Å². The second-order valence-electron chi connectivity index (χ2n) is 5.86. The van der Waals surface area contributed by atoms with Crippen molar-refractivity contribution in [3.63, 3.8) is 0 Å². The third kappa shape index (κ3) is 4.60. The standard InChI is InChI=1S/C16H24N4O2S/c1-11(2)10-20-14(18-19-16(20)23-4)6-5-8-17-15(21)13-7-9-22-12(13)3/h7,9,11H,5-6,8,10H2,1-4H3,(H,17,21). The normalized spacial score (nSPS) is 11.2. The van der Waals surface area contributed by atoms with E-state index in [-0.39, 0.29) is 5.91 Å². The second kappa shape index (κ2) is 8.19. The lowest BCUT2D eigenvalue weighted by Crippen LogP contribution is -2.25. The van der Waals surface area contributed by atoms with Crippen LogP contribution in [0.1, 0.15) is 42.2 Å². The zero-order chi connectivity index (χ0) is 16.8. The first-order chi connectivity index (χ1) is 11.0. The first kappa shape index (κ1) is 17.6. The Kier molecular flexibility index (Phi) is 6.27. The number of nitrogens with zero attached hydrogens (tertiary/aromatic N) is 3. The van der Waals surface area contributed by atoms with Crippen molar-refractivity contribution in [1.29, 1.82) is 0 Å². The molecule has 0 aromatic carbocycles. The van der Waals surface area contributed by atoms with E-state index >= 15 is 0 Å². The molecule has 0 unspecified atom stereocenters. The van der Waals surface area contributed by atoms with Crippen molar-refractivity contribution in [2.24, 2.45) is 5.92 Å². The van der Waals surface area contributed by atoms with Crippen molar-refractivity contribution < 1.29 is 9.21 Å². The zero-order valence-corrected chi connectivity index (χ0v) is 14.9. The fourth-order valence-electron chi connectivity index (χ4n) is 2.37. The lowest BCUT2D eigenvalue weighted by atomic mass is 10.2. The van der Waals surface area contributed by atoms with Gasteiger partial charge in [0.25, 0.3) is 5.91 Å². The molecule has 0 saturated heterocycles. The lowest BCUT2D eigenvalue weighted by molar-refractivity contribution is 0.0951. The summed E-state index contributed by atoms with van der Waals surface area (Å²) in [6.07, 6.45) is 5.17. The van der Waals surface area contributed by atoms with Crippen molar-refractivity contribution in [3.05, 3.63) is 29.5 Å². The van der Waals surface area contributed by atoms with Gasteiger partial charge in [0.1, 0.15) is 11.6 Å². The van der Waals surface area contributed by atoms with E-state index in [0.717, 1.165) is 30.4 Å². The number of amides is 1. The van der Waals surface area contributed by atoms with E-state index in [2.05, 4.69) is 33.9 Å². The molecule has 23 heavy (non-hydrogen) atoms. The Bertz CT molecular complexity index is 648. The topological polar surface area (TPSA) is 73.0 Å². The molecule has 0 saturated carbocycles. The van der Waals surface area contributed by atoms with Gasteiger partial charge in [-0.2, -0.15) is 0 Å². The van der Waals surface area contributed by atoms with Crippen LogP contribution in [0.25, 0.3) is 0 Å². The number of hydrogen-bond acceptors (Lipinski definition) is 5. The predicted molar refractivity (Wildman–Crippen MR) is 90.7 cm³/mol. The van der Waals surface area contributed by atoms with E-state index < -0.39 is 0 Å². The fraction of sp³-hybridized carbons (Fsp3) is 0.562. The van der Waals surface area contributed by atoms with Crippen LogP contribution in [0.4, 0.5) is 0 Å². The van der Waals surface area contributed by atoms with Gasteiger partial charge in [0.05, 0.1) is 11.8 Å². The molecular weight excluding hydrogens is 312 g/mol. The average molecular weight is 336 g/mol. The van der Waals surface area contributed by atoms with Crippen LogP contribution in [0.2, 0.25) is 0 Å². The molecule has 0 bridgehead atoms. The van der Waals surface area contributed by atoms with Gasteiger partial charge in [-0.15, -0.1) is 10.2 Å². The Hall–Kier alpha value is -1.76. The van der Waals surface area contributed by atoms with E-state index in [1.165, 1.54) is 6.26 Å². The van der Waals surface area contributed by atoms with E-state index in [1.54, 1.807) is 24.8 Å². The second-order valence-corrected chi connectivity index (χ2v) is 6.63. The van der Waals surface area contributed by atoms with Gasteiger partial charge in [0.2, 0.25) is 0 Å². The fourth-order valence-corrected chi connectivity index (χ4v) is 2.89. The molecule has 1 N–H and O–H groups in total. The summed E-state index contributed by atoms with van der Waals surface area (Å²) in [5.41, 5.74) is 0.595. The number of hydrogen-bond donors (Lipinski definition) is 1. The smallest absolute Gasteiger partial charge is 0.254 e. The van der Waals surface area contributed by atoms with Crippen molar-refractivity contribution in [1.82, 2.24) is 20.1 Å². The molecule has 1 amide bonds. The van der Waals surface area contributed by atoms with Gasteiger partial charge >= 0.3 is 0 Å². The van der Waals surface area contributed by atoms with E-state index in [4.69, 9.17) is 4.42 Å². The minimum Gasteiger partial charge on any atom is -0.469 e. The minimum atomic E-state index is -0.0929. The summed E-state index contributed by atoms with van der Waals surface area (Å²) in [5.74, 6) is 2.07. The average Bonchev–Trinajstić information content (AvgIpc) is 3.09. The molecule has 0 aliphatic carbocycles. The van der Waals surface area contributed by atoms with Crippen molar-refractivity contribution in [3.8, 4) is 0 Å². The first-order valence-corrected chi connectivity index (χ1v) is 9.03. The van der Waals surface area contributed by atoms with Gasteiger partial charge in [0, 0.05) is 19.5 Å². The Balaban J connectivity index is 1.86. The number of rotatable bonds is 8. The molecule has 0 aliphatic rings. The van der Waals surface area contributed by atoms with Crippen LogP contribution >= 0.6 is 11.8 Å². The maximum Gasteiger partial charge on any atom is 0.254 e. The molecular formula is C16H24N4O2S. The SMILES string of the molecule is CSc1nnc(CCCNC(=O)c2ccoc2C)n1CC(C)C. The number of furan rings is 1. The van der Waals surface area contributed by atoms with Gasteiger partial charge in [-0.25, -0.2) is 0 Å². The van der Waals surface area contributed by atoms with E-state index in [0.29, 0.717) is 23.8 Å². The highest BCUT2D eigenvalue weighted by Crippen LogP contribution is 2.16. The zero-order valence-electron chi connectivity index (χ0n) is 14.1. The Morgan fingerprint density at radius 3 is 2.83 bits per heavy atom. The van der Waals surface area contributed by atoms with Gasteiger partial charge in [-0.3, -0.25) is 4.79 Å². The molecule has 2 aromatic heterocycles. The van der Waals surface area contributed by atoms with Crippen molar-refractivity contribution >= 4 is 17.7 Å². The summed E-state index contributed by atoms with van der Waals surface area (Å²) in [4.78, 5) is 12.0. The van der Waals surface area contributed by atoms with Crippen LogP contribution in [0, 0.1) is 12.8 Å². The molecule has 6 nitrogen and oxygen atoms in total. The molecule has 2 heterocycles. The van der Waals surface area contributed by atoms with Gasteiger partial charge in [-0.1, -0.05) is 25.6 Å². The summed E-state index contributed by atoms with van der Waals surface area (Å²) in [7, 11) is 0. The Morgan fingerprint density at radius 2 is 2.22 bits per heavy atom. The Labute approximate surface area is 141 Å². The number of nitrogens with one attached hydrogen (secondary N) is 1. The third-order valence-electron chi connectivity index (χ3n) is 3.49.